The summed E-state index contributed by atoms with van der Waals surface area (Å²) < 4.78 is 19.6. The maximum Gasteiger partial charge on any atom is 0.342 e. The van der Waals surface area contributed by atoms with Crippen molar-refractivity contribution in [2.24, 2.45) is 0 Å². The highest BCUT2D eigenvalue weighted by atomic mass is 16.5. The maximum atomic E-state index is 11.7. The van der Waals surface area contributed by atoms with Gasteiger partial charge in [-0.3, -0.25) is 4.90 Å². The summed E-state index contributed by atoms with van der Waals surface area (Å²) in [5.74, 6) is 0.276. The van der Waals surface area contributed by atoms with Gasteiger partial charge in [0.2, 0.25) is 5.88 Å². The minimum absolute atomic E-state index is 0.00926. The number of hydrogen-bond donors (Lipinski definition) is 1. The molecule has 1 saturated heterocycles. The van der Waals surface area contributed by atoms with Crippen LogP contribution in [0.25, 0.3) is 17.1 Å². The number of ether oxygens (including phenoxy) is 3. The van der Waals surface area contributed by atoms with Gasteiger partial charge in [0, 0.05) is 31.8 Å². The van der Waals surface area contributed by atoms with Crippen molar-refractivity contribution >= 4 is 5.97 Å². The number of carbonyl (C=O) groups is 1. The Kier molecular flexibility index (Phi) is 8.95. The smallest absolute Gasteiger partial charge is 0.342 e. The predicted octanol–water partition coefficient (Wildman–Crippen LogP) is 6.15. The molecule has 6 rings (SSSR count). The molecule has 2 aliphatic heterocycles. The first kappa shape index (κ1) is 29.8. The number of nitrogens with zero attached hydrogens (tertiary/aromatic N) is 4. The molecule has 9 heteroatoms. The summed E-state index contributed by atoms with van der Waals surface area (Å²) in [6.45, 7) is 10.7. The topological polar surface area (TPSA) is 98.9 Å². The van der Waals surface area contributed by atoms with Crippen molar-refractivity contribution in [2.75, 3.05) is 26.3 Å². The Hall–Kier alpha value is -4.21. The summed E-state index contributed by atoms with van der Waals surface area (Å²) in [5.41, 5.74) is 7.88. The third kappa shape index (κ3) is 6.21. The maximum absolute atomic E-state index is 11.7. The quantitative estimate of drug-likeness (QED) is 0.233. The molecule has 4 aromatic rings. The monoisotopic (exact) mass is 596 g/mol. The molecule has 2 aliphatic rings. The first-order valence-electron chi connectivity index (χ1n) is 15.5. The van der Waals surface area contributed by atoms with Gasteiger partial charge < -0.3 is 19.3 Å². The number of hydrogen-bond acceptors (Lipinski definition) is 7. The number of benzene rings is 2. The van der Waals surface area contributed by atoms with Gasteiger partial charge in [-0.2, -0.15) is 9.78 Å². The van der Waals surface area contributed by atoms with E-state index >= 15 is 0 Å². The summed E-state index contributed by atoms with van der Waals surface area (Å²) in [6.07, 6.45) is 6.32. The molecule has 1 atom stereocenters. The minimum atomic E-state index is -1.10. The van der Waals surface area contributed by atoms with Crippen molar-refractivity contribution in [3.8, 4) is 28.7 Å². The van der Waals surface area contributed by atoms with Crippen LogP contribution in [0.5, 0.6) is 11.6 Å². The molecule has 0 amide bonds. The molecule has 1 fully saturated rings. The van der Waals surface area contributed by atoms with Crippen molar-refractivity contribution < 1.29 is 24.1 Å². The number of aryl methyl sites for hydroxylation is 1. The third-order valence-corrected chi connectivity index (χ3v) is 8.66. The van der Waals surface area contributed by atoms with E-state index in [0.717, 1.165) is 49.5 Å². The lowest BCUT2D eigenvalue weighted by molar-refractivity contribution is -0.00803. The molecule has 44 heavy (non-hydrogen) atoms. The van der Waals surface area contributed by atoms with Crippen molar-refractivity contribution in [3.05, 3.63) is 88.1 Å². The van der Waals surface area contributed by atoms with Crippen molar-refractivity contribution in [2.45, 2.75) is 65.7 Å². The first-order valence-corrected chi connectivity index (χ1v) is 15.5. The van der Waals surface area contributed by atoms with E-state index in [1.807, 2.05) is 37.3 Å². The number of pyridine rings is 1. The second-order valence-corrected chi connectivity index (χ2v) is 11.6. The lowest BCUT2D eigenvalue weighted by atomic mass is 9.91. The number of fused-ring (bicyclic) bond motifs is 1. The van der Waals surface area contributed by atoms with Crippen molar-refractivity contribution in [3.63, 3.8) is 0 Å². The molecule has 0 radical (unpaired) electrons. The van der Waals surface area contributed by atoms with Gasteiger partial charge in [-0.15, -0.1) is 0 Å². The fourth-order valence-corrected chi connectivity index (χ4v) is 6.31. The molecular weight excluding hydrogens is 556 g/mol. The molecule has 0 saturated carbocycles. The second kappa shape index (κ2) is 13.2. The minimum Gasteiger partial charge on any atom is -0.488 e. The van der Waals surface area contributed by atoms with E-state index in [2.05, 4.69) is 29.1 Å². The molecule has 230 valence electrons. The number of carboxylic acid groups (broad SMARTS) is 1. The highest BCUT2D eigenvalue weighted by Crippen LogP contribution is 2.34. The van der Waals surface area contributed by atoms with Crippen LogP contribution in [0.3, 0.4) is 0 Å². The molecule has 2 aromatic heterocycles. The fourth-order valence-electron chi connectivity index (χ4n) is 6.31. The Balaban J connectivity index is 1.21. The standard InChI is InChI=1S/C35H40N4O5/c1-4-42-34-30(35(40)41)19-36-39(34)32-13-8-12-31(37-32)29-11-7-9-23(2)33(29)44-22-26-15-14-25-20-38(17-16-28(25)24(26)3)21-27-10-5-6-18-43-27/h7-9,11-15,19,27H,4-6,10,16-18,20-22H2,1-3H3,(H,40,41). The average molecular weight is 597 g/mol. The van der Waals surface area contributed by atoms with Gasteiger partial charge in [0.15, 0.2) is 5.82 Å². The lowest BCUT2D eigenvalue weighted by Crippen LogP contribution is -2.39. The number of aromatic carboxylic acids is 1. The van der Waals surface area contributed by atoms with E-state index in [0.29, 0.717) is 30.8 Å². The molecule has 0 aliphatic carbocycles. The Morgan fingerprint density at radius 3 is 2.75 bits per heavy atom. The molecular formula is C35H40N4O5. The van der Waals surface area contributed by atoms with E-state index in [9.17, 15) is 9.90 Å². The van der Waals surface area contributed by atoms with Crippen LogP contribution >= 0.6 is 0 Å². The average Bonchev–Trinajstić information content (AvgIpc) is 3.46. The zero-order chi connectivity index (χ0) is 30.6. The fraction of sp³-hybridized carbons (Fsp3) is 0.400. The Labute approximate surface area is 258 Å². The molecule has 0 spiro atoms. The first-order chi connectivity index (χ1) is 21.4. The molecule has 1 unspecified atom stereocenters. The van der Waals surface area contributed by atoms with Gasteiger partial charge in [-0.25, -0.2) is 9.78 Å². The van der Waals surface area contributed by atoms with E-state index in [4.69, 9.17) is 19.2 Å². The zero-order valence-electron chi connectivity index (χ0n) is 25.7. The van der Waals surface area contributed by atoms with Gasteiger partial charge in [0.25, 0.3) is 0 Å². The van der Waals surface area contributed by atoms with Crippen LogP contribution in [0, 0.1) is 13.8 Å². The Bertz CT molecular complexity index is 1640. The molecule has 1 N–H and O–H groups in total. The highest BCUT2D eigenvalue weighted by molar-refractivity contribution is 5.90. The van der Waals surface area contributed by atoms with E-state index in [1.54, 1.807) is 13.0 Å². The summed E-state index contributed by atoms with van der Waals surface area (Å²) in [4.78, 5) is 19.1. The van der Waals surface area contributed by atoms with Gasteiger partial charge in [0.05, 0.1) is 24.6 Å². The van der Waals surface area contributed by atoms with Gasteiger partial charge >= 0.3 is 5.97 Å². The second-order valence-electron chi connectivity index (χ2n) is 11.6. The normalized spacial score (nSPS) is 16.8. The highest BCUT2D eigenvalue weighted by Gasteiger charge is 2.24. The molecule has 0 bridgehead atoms. The largest absolute Gasteiger partial charge is 0.488 e. The van der Waals surface area contributed by atoms with Gasteiger partial charge in [0.1, 0.15) is 17.9 Å². The lowest BCUT2D eigenvalue weighted by Gasteiger charge is -2.34. The van der Waals surface area contributed by atoms with Crippen LogP contribution in [0.2, 0.25) is 0 Å². The molecule has 4 heterocycles. The van der Waals surface area contributed by atoms with E-state index in [-0.39, 0.29) is 11.4 Å². The molecule has 9 nitrogen and oxygen atoms in total. The number of carboxylic acids is 1. The Morgan fingerprint density at radius 2 is 1.95 bits per heavy atom. The predicted molar refractivity (Wildman–Crippen MR) is 168 cm³/mol. The molecule has 2 aromatic carbocycles. The van der Waals surface area contributed by atoms with E-state index in [1.165, 1.54) is 52.4 Å². The number of rotatable bonds is 10. The van der Waals surface area contributed by atoms with Crippen LogP contribution < -0.4 is 9.47 Å². The SMILES string of the molecule is CCOc1c(C(=O)O)cnn1-c1cccc(-c2cccc(C)c2OCc2ccc3c(c2C)CCN(CC2CCCCO2)C3)n1. The number of para-hydroxylation sites is 1. The van der Waals surface area contributed by atoms with Crippen LogP contribution in [-0.2, 0) is 24.3 Å². The van der Waals surface area contributed by atoms with Crippen LogP contribution in [-0.4, -0.2) is 63.1 Å². The van der Waals surface area contributed by atoms with E-state index < -0.39 is 5.97 Å². The summed E-state index contributed by atoms with van der Waals surface area (Å²) in [5, 5.41) is 13.8. The van der Waals surface area contributed by atoms with Crippen LogP contribution in [0.15, 0.2) is 54.7 Å². The van der Waals surface area contributed by atoms with Gasteiger partial charge in [-0.1, -0.05) is 30.3 Å². The van der Waals surface area contributed by atoms with Crippen LogP contribution in [0.4, 0.5) is 0 Å². The van der Waals surface area contributed by atoms with Gasteiger partial charge in [-0.05, 0) is 92.5 Å². The van der Waals surface area contributed by atoms with Crippen LogP contribution in [0.1, 0.15) is 64.4 Å². The van der Waals surface area contributed by atoms with Crippen molar-refractivity contribution in [1.29, 1.82) is 0 Å². The van der Waals surface area contributed by atoms with Crippen molar-refractivity contribution in [1.82, 2.24) is 19.7 Å². The summed E-state index contributed by atoms with van der Waals surface area (Å²) in [6, 6.07) is 16.1. The summed E-state index contributed by atoms with van der Waals surface area (Å²) in [7, 11) is 0. The third-order valence-electron chi connectivity index (χ3n) is 8.66. The number of aromatic nitrogens is 3. The summed E-state index contributed by atoms with van der Waals surface area (Å²) >= 11 is 0. The Morgan fingerprint density at radius 1 is 1.09 bits per heavy atom. The zero-order valence-corrected chi connectivity index (χ0v) is 25.7.